The van der Waals surface area contributed by atoms with Crippen LogP contribution in [0, 0.1) is 19.8 Å². The van der Waals surface area contributed by atoms with Crippen molar-refractivity contribution < 1.29 is 4.79 Å². The first-order valence-electron chi connectivity index (χ1n) is 5.93. The topological polar surface area (TPSA) is 45.0 Å². The lowest BCUT2D eigenvalue weighted by atomic mass is 10.1. The molecule has 1 aromatic carbocycles. The number of carbonyl (C=O) groups is 1. The number of carbonyl (C=O) groups excluding carboxylic acids is 1. The third kappa shape index (κ3) is 2.06. The average Bonchev–Trinajstić information content (AvgIpc) is 2.61. The first-order chi connectivity index (χ1) is 8.54. The molecule has 0 aliphatic carbocycles. The lowest BCUT2D eigenvalue weighted by molar-refractivity contribution is -0.118. The molecule has 0 bridgehead atoms. The number of amides is 1. The summed E-state index contributed by atoms with van der Waals surface area (Å²) in [7, 11) is 1.67. The summed E-state index contributed by atoms with van der Waals surface area (Å²) in [5, 5.41) is 5.79. The summed E-state index contributed by atoms with van der Waals surface area (Å²) < 4.78 is 0. The Bertz CT molecular complexity index is 546. The lowest BCUT2D eigenvalue weighted by Crippen LogP contribution is -2.28. The Morgan fingerprint density at radius 3 is 2.61 bits per heavy atom. The van der Waals surface area contributed by atoms with Gasteiger partial charge in [0.15, 0.2) is 0 Å². The smallest absolute Gasteiger partial charge is 0.261 e. The Balaban J connectivity index is 2.36. The quantitative estimate of drug-likeness (QED) is 0.735. The third-order valence-corrected chi connectivity index (χ3v) is 3.22. The van der Waals surface area contributed by atoms with Gasteiger partial charge in [0, 0.05) is 13.3 Å². The number of aliphatic imine (C=N–C) groups is 1. The molecular weight excluding hydrogens is 226 g/mol. The van der Waals surface area contributed by atoms with Crippen LogP contribution in [-0.4, -0.2) is 24.9 Å². The van der Waals surface area contributed by atoms with E-state index in [1.165, 1.54) is 10.6 Å². The number of hydrogen-bond acceptors (Lipinski definition) is 3. The molecule has 1 aromatic rings. The zero-order chi connectivity index (χ0) is 13.3. The molecule has 0 saturated heterocycles. The molecule has 1 heterocycles. The minimum Gasteiger partial charge on any atom is -0.300 e. The molecule has 1 aliphatic rings. The van der Waals surface area contributed by atoms with Crippen LogP contribution < -0.4 is 5.01 Å². The summed E-state index contributed by atoms with van der Waals surface area (Å²) >= 11 is 0. The highest BCUT2D eigenvalue weighted by atomic mass is 16.2. The van der Waals surface area contributed by atoms with Crippen molar-refractivity contribution in [2.24, 2.45) is 16.0 Å². The molecule has 0 saturated carbocycles. The van der Waals surface area contributed by atoms with E-state index < -0.39 is 0 Å². The monoisotopic (exact) mass is 243 g/mol. The average molecular weight is 243 g/mol. The van der Waals surface area contributed by atoms with Crippen molar-refractivity contribution in [2.45, 2.75) is 20.8 Å². The Morgan fingerprint density at radius 2 is 2.00 bits per heavy atom. The van der Waals surface area contributed by atoms with E-state index in [9.17, 15) is 4.79 Å². The second kappa shape index (κ2) is 4.72. The third-order valence-electron chi connectivity index (χ3n) is 3.22. The Kier molecular flexibility index (Phi) is 3.28. The van der Waals surface area contributed by atoms with Crippen LogP contribution in [0.5, 0.6) is 0 Å². The minimum absolute atomic E-state index is 0.0404. The van der Waals surface area contributed by atoms with E-state index in [1.54, 1.807) is 13.3 Å². The number of hydrogen-bond donors (Lipinski definition) is 0. The summed E-state index contributed by atoms with van der Waals surface area (Å²) in [5.41, 5.74) is 3.96. The second-order valence-electron chi connectivity index (χ2n) is 4.54. The molecule has 0 spiro atoms. The first kappa shape index (κ1) is 12.5. The zero-order valence-electron chi connectivity index (χ0n) is 11.1. The van der Waals surface area contributed by atoms with Crippen LogP contribution in [0.4, 0.5) is 5.69 Å². The van der Waals surface area contributed by atoms with Gasteiger partial charge in [-0.3, -0.25) is 9.79 Å². The Morgan fingerprint density at radius 1 is 1.28 bits per heavy atom. The van der Waals surface area contributed by atoms with Gasteiger partial charge in [0.2, 0.25) is 0 Å². The van der Waals surface area contributed by atoms with E-state index in [0.717, 1.165) is 17.0 Å². The second-order valence-corrected chi connectivity index (χ2v) is 4.54. The minimum atomic E-state index is -0.323. The predicted molar refractivity (Wildman–Crippen MR) is 74.4 cm³/mol. The normalized spacial score (nSPS) is 19.8. The lowest BCUT2D eigenvalue weighted by Gasteiger charge is -2.14. The van der Waals surface area contributed by atoms with Crippen molar-refractivity contribution in [3.8, 4) is 0 Å². The highest BCUT2D eigenvalue weighted by molar-refractivity contribution is 6.23. The maximum Gasteiger partial charge on any atom is 0.261 e. The number of aryl methyl sites for hydroxylation is 2. The molecule has 0 radical (unpaired) electrons. The molecule has 0 aromatic heterocycles. The van der Waals surface area contributed by atoms with Gasteiger partial charge in [-0.05, 0) is 44.0 Å². The standard InChI is InChI=1S/C14H17N3O/c1-9-5-6-12(7-10(9)2)17-14(18)13(8-15-4)11(3)16-17/h5-8,13H,1-4H3/t13-/m0/s1. The number of benzene rings is 1. The molecule has 0 fully saturated rings. The van der Waals surface area contributed by atoms with Crippen LogP contribution in [0.25, 0.3) is 0 Å². The van der Waals surface area contributed by atoms with Crippen LogP contribution in [0.2, 0.25) is 0 Å². The van der Waals surface area contributed by atoms with E-state index >= 15 is 0 Å². The van der Waals surface area contributed by atoms with Gasteiger partial charge < -0.3 is 0 Å². The van der Waals surface area contributed by atoms with Crippen molar-refractivity contribution in [3.63, 3.8) is 0 Å². The van der Waals surface area contributed by atoms with Crippen molar-refractivity contribution in [1.82, 2.24) is 0 Å². The van der Waals surface area contributed by atoms with Gasteiger partial charge in [-0.25, -0.2) is 0 Å². The largest absolute Gasteiger partial charge is 0.300 e. The summed E-state index contributed by atoms with van der Waals surface area (Å²) in [4.78, 5) is 16.1. The SMILES string of the molecule is CN=C[C@@H]1C(=O)N(c2ccc(C)c(C)c2)N=C1C. The van der Waals surface area contributed by atoms with Gasteiger partial charge in [-0.15, -0.1) is 0 Å². The van der Waals surface area contributed by atoms with Crippen molar-refractivity contribution in [1.29, 1.82) is 0 Å². The molecule has 1 amide bonds. The molecule has 1 atom stereocenters. The van der Waals surface area contributed by atoms with Gasteiger partial charge >= 0.3 is 0 Å². The molecule has 0 N–H and O–H groups in total. The van der Waals surface area contributed by atoms with Crippen molar-refractivity contribution in [3.05, 3.63) is 29.3 Å². The van der Waals surface area contributed by atoms with Crippen molar-refractivity contribution in [2.75, 3.05) is 12.1 Å². The molecule has 0 unspecified atom stereocenters. The molecule has 94 valence electrons. The first-order valence-corrected chi connectivity index (χ1v) is 5.93. The summed E-state index contributed by atoms with van der Waals surface area (Å²) in [6.45, 7) is 5.93. The molecule has 4 heteroatoms. The van der Waals surface area contributed by atoms with Crippen LogP contribution >= 0.6 is 0 Å². The number of hydrazone groups is 1. The molecule has 1 aliphatic heterocycles. The van der Waals surface area contributed by atoms with Gasteiger partial charge in [0.1, 0.15) is 5.92 Å². The maximum atomic E-state index is 12.2. The Labute approximate surface area is 107 Å². The van der Waals surface area contributed by atoms with Gasteiger partial charge in [-0.2, -0.15) is 10.1 Å². The summed E-state index contributed by atoms with van der Waals surface area (Å²) in [5.74, 6) is -0.363. The Hall–Kier alpha value is -1.97. The van der Waals surface area contributed by atoms with Crippen LogP contribution in [-0.2, 0) is 4.79 Å². The van der Waals surface area contributed by atoms with E-state index in [0.29, 0.717) is 0 Å². The van der Waals surface area contributed by atoms with E-state index in [1.807, 2.05) is 39.0 Å². The number of nitrogens with zero attached hydrogens (tertiary/aromatic N) is 3. The van der Waals surface area contributed by atoms with E-state index in [-0.39, 0.29) is 11.8 Å². The van der Waals surface area contributed by atoms with E-state index in [4.69, 9.17) is 0 Å². The fraction of sp³-hybridized carbons (Fsp3) is 0.357. The van der Waals surface area contributed by atoms with Crippen molar-refractivity contribution >= 4 is 23.5 Å². The van der Waals surface area contributed by atoms with Gasteiger partial charge in [0.05, 0.1) is 11.4 Å². The molecular formula is C14H17N3O. The number of anilines is 1. The summed E-state index contributed by atoms with van der Waals surface area (Å²) in [6.07, 6.45) is 1.64. The predicted octanol–water partition coefficient (Wildman–Crippen LogP) is 2.34. The van der Waals surface area contributed by atoms with Crippen LogP contribution in [0.1, 0.15) is 18.1 Å². The van der Waals surface area contributed by atoms with E-state index in [2.05, 4.69) is 10.1 Å². The highest BCUT2D eigenvalue weighted by Crippen LogP contribution is 2.25. The fourth-order valence-electron chi connectivity index (χ4n) is 1.94. The van der Waals surface area contributed by atoms with Gasteiger partial charge in [0.25, 0.3) is 5.91 Å². The number of rotatable bonds is 2. The summed E-state index contributed by atoms with van der Waals surface area (Å²) in [6, 6.07) is 5.90. The van der Waals surface area contributed by atoms with Gasteiger partial charge in [-0.1, -0.05) is 6.07 Å². The maximum absolute atomic E-state index is 12.2. The van der Waals surface area contributed by atoms with Crippen LogP contribution in [0.3, 0.4) is 0 Å². The van der Waals surface area contributed by atoms with Crippen LogP contribution in [0.15, 0.2) is 28.3 Å². The molecule has 4 nitrogen and oxygen atoms in total. The fourth-order valence-corrected chi connectivity index (χ4v) is 1.94. The molecule has 18 heavy (non-hydrogen) atoms. The zero-order valence-corrected chi connectivity index (χ0v) is 11.1. The highest BCUT2D eigenvalue weighted by Gasteiger charge is 2.32. The molecule has 2 rings (SSSR count).